The lowest BCUT2D eigenvalue weighted by Crippen LogP contribution is -2.29. The van der Waals surface area contributed by atoms with Gasteiger partial charge in [-0.3, -0.25) is 19.4 Å². The van der Waals surface area contributed by atoms with Gasteiger partial charge in [-0.05, 0) is 60.6 Å². The highest BCUT2D eigenvalue weighted by molar-refractivity contribution is 8.35. The predicted octanol–water partition coefficient (Wildman–Crippen LogP) is 7.15. The lowest BCUT2D eigenvalue weighted by atomic mass is 9.84. The van der Waals surface area contributed by atoms with E-state index in [2.05, 4.69) is 36.0 Å². The number of amides is 2. The Hall–Kier alpha value is -1.48. The lowest BCUT2D eigenvalue weighted by Gasteiger charge is -2.19. The second kappa shape index (κ2) is 8.79. The number of nitrogens with zero attached hydrogens (tertiary/aromatic N) is 4. The molecule has 2 aliphatic heterocycles. The summed E-state index contributed by atoms with van der Waals surface area (Å²) in [5, 5.41) is 2.53. The summed E-state index contributed by atoms with van der Waals surface area (Å²) in [5.74, 6) is -0.235. The molecule has 3 aromatic heterocycles. The Bertz CT molecular complexity index is 1590. The molecule has 6 rings (SSSR count). The number of carbonyl (C=O) groups is 2. The second-order valence-electron chi connectivity index (χ2n) is 8.71. The van der Waals surface area contributed by atoms with Gasteiger partial charge in [-0.15, -0.1) is 34.0 Å². The summed E-state index contributed by atoms with van der Waals surface area (Å²) in [7, 11) is 0. The van der Waals surface area contributed by atoms with E-state index in [1.54, 1.807) is 43.8 Å². The van der Waals surface area contributed by atoms with Gasteiger partial charge in [-0.2, -0.15) is 0 Å². The lowest BCUT2D eigenvalue weighted by molar-refractivity contribution is -0.120. The molecule has 36 heavy (non-hydrogen) atoms. The van der Waals surface area contributed by atoms with Crippen molar-refractivity contribution < 1.29 is 9.59 Å². The predicted molar refractivity (Wildman–Crippen MR) is 164 cm³/mol. The zero-order valence-corrected chi connectivity index (χ0v) is 25.2. The molecule has 3 aromatic rings. The molecule has 0 atom stereocenters. The van der Waals surface area contributed by atoms with Gasteiger partial charge in [0.2, 0.25) is 0 Å². The maximum Gasteiger partial charge on any atom is 0.285 e. The van der Waals surface area contributed by atoms with Crippen LogP contribution in [0, 0.1) is 0 Å². The highest BCUT2D eigenvalue weighted by Crippen LogP contribution is 2.61. The molecule has 0 radical (unpaired) electrons. The van der Waals surface area contributed by atoms with E-state index >= 15 is 0 Å². The van der Waals surface area contributed by atoms with Crippen LogP contribution in [-0.4, -0.2) is 53.4 Å². The van der Waals surface area contributed by atoms with Gasteiger partial charge in [0.1, 0.15) is 18.6 Å². The zero-order chi connectivity index (χ0) is 25.5. The van der Waals surface area contributed by atoms with Gasteiger partial charge < -0.3 is 0 Å². The van der Waals surface area contributed by atoms with Gasteiger partial charge in [0.15, 0.2) is 10.1 Å². The largest absolute Gasteiger partial charge is 0.292 e. The molecular formula is C23H18N4O2S7. The van der Waals surface area contributed by atoms with Crippen molar-refractivity contribution in [2.45, 2.75) is 33.1 Å². The topological polar surface area (TPSA) is 65.3 Å². The zero-order valence-electron chi connectivity index (χ0n) is 19.5. The molecule has 0 spiro atoms. The molecule has 0 aromatic carbocycles. The van der Waals surface area contributed by atoms with Gasteiger partial charge in [-0.25, -0.2) is 9.98 Å². The number of aliphatic imine (C=N–C) groups is 2. The first-order chi connectivity index (χ1) is 17.1. The Balaban J connectivity index is 1.36. The van der Waals surface area contributed by atoms with Crippen LogP contribution < -0.4 is 0 Å². The smallest absolute Gasteiger partial charge is 0.285 e. The number of hydrogen-bond acceptors (Lipinski definition) is 11. The van der Waals surface area contributed by atoms with Crippen LogP contribution >= 0.6 is 82.0 Å². The normalized spacial score (nSPS) is 21.2. The van der Waals surface area contributed by atoms with Crippen LogP contribution in [0.4, 0.5) is 10.0 Å². The van der Waals surface area contributed by atoms with Crippen molar-refractivity contribution in [2.24, 2.45) is 9.98 Å². The van der Waals surface area contributed by atoms with E-state index < -0.39 is 0 Å². The van der Waals surface area contributed by atoms with Crippen molar-refractivity contribution in [2.75, 3.05) is 13.1 Å². The van der Waals surface area contributed by atoms with Crippen LogP contribution in [0.1, 0.15) is 38.8 Å². The van der Waals surface area contributed by atoms with E-state index in [-0.39, 0.29) is 17.2 Å². The van der Waals surface area contributed by atoms with Gasteiger partial charge in [0.05, 0.1) is 14.5 Å². The van der Waals surface area contributed by atoms with Crippen molar-refractivity contribution in [1.29, 1.82) is 0 Å². The fourth-order valence-electron chi connectivity index (χ4n) is 4.51. The van der Waals surface area contributed by atoms with Crippen LogP contribution in [0.5, 0.6) is 0 Å². The summed E-state index contributed by atoms with van der Waals surface area (Å²) in [4.78, 5) is 40.2. The first-order valence-electron chi connectivity index (χ1n) is 11.1. The molecule has 0 saturated carbocycles. The Labute approximate surface area is 238 Å². The molecule has 5 heterocycles. The first-order valence-corrected chi connectivity index (χ1v) is 16.0. The number of carbonyl (C=O) groups excluding carboxylic acids is 2. The van der Waals surface area contributed by atoms with Gasteiger partial charge >= 0.3 is 0 Å². The molecular weight excluding hydrogens is 589 g/mol. The van der Waals surface area contributed by atoms with Crippen molar-refractivity contribution in [3.63, 3.8) is 0 Å². The van der Waals surface area contributed by atoms with E-state index in [0.717, 1.165) is 10.0 Å². The minimum atomic E-state index is -0.205. The second-order valence-corrected chi connectivity index (χ2v) is 15.1. The molecule has 6 nitrogen and oxygen atoms in total. The third-order valence-electron chi connectivity index (χ3n) is 6.30. The monoisotopic (exact) mass is 606 g/mol. The van der Waals surface area contributed by atoms with Crippen LogP contribution in [0.15, 0.2) is 22.1 Å². The molecule has 1 aliphatic carbocycles. The quantitative estimate of drug-likeness (QED) is 0.294. The summed E-state index contributed by atoms with van der Waals surface area (Å²) in [6.07, 6.45) is 0. The minimum absolute atomic E-state index is 0.117. The van der Waals surface area contributed by atoms with Crippen LogP contribution in [0.2, 0.25) is 0 Å². The number of rotatable bonds is 4. The maximum atomic E-state index is 12.6. The highest BCUT2D eigenvalue weighted by atomic mass is 32.2. The molecule has 2 amide bonds. The maximum absolute atomic E-state index is 12.6. The van der Waals surface area contributed by atoms with Crippen molar-refractivity contribution in [3.8, 4) is 9.75 Å². The highest BCUT2D eigenvalue weighted by Gasteiger charge is 2.42. The summed E-state index contributed by atoms with van der Waals surface area (Å²) in [5.41, 5.74) is 2.33. The molecule has 2 saturated heterocycles. The van der Waals surface area contributed by atoms with Crippen molar-refractivity contribution in [3.05, 3.63) is 23.3 Å². The standard InChI is InChI=1S/C23H18N4O2S7/c1-5-26-19(28)17(35-21(26)30)24-11-7-9-14(33-11)16-13(23(9,3)4)15-10(32-16)8-12(34-15)25-18-20(29)27(6-2)22(31)36-18/h7-8H,5-6H2,1-4H3. The first kappa shape index (κ1) is 24.8. The Kier molecular flexibility index (Phi) is 6.06. The summed E-state index contributed by atoms with van der Waals surface area (Å²) >= 11 is 18.2. The van der Waals surface area contributed by atoms with Gasteiger partial charge in [0, 0.05) is 23.2 Å². The van der Waals surface area contributed by atoms with E-state index in [1.165, 1.54) is 53.8 Å². The van der Waals surface area contributed by atoms with Crippen molar-refractivity contribution >= 4 is 132 Å². The Morgan fingerprint density at radius 1 is 0.833 bits per heavy atom. The summed E-state index contributed by atoms with van der Waals surface area (Å²) in [6, 6.07) is 4.18. The molecule has 0 bridgehead atoms. The third kappa shape index (κ3) is 3.62. The number of thiophene rings is 3. The molecule has 2 fully saturated rings. The van der Waals surface area contributed by atoms with Gasteiger partial charge in [0.25, 0.3) is 11.8 Å². The number of thiocarbonyl (C=S) groups is 2. The third-order valence-corrected chi connectivity index (χ3v) is 12.5. The summed E-state index contributed by atoms with van der Waals surface area (Å²) < 4.78 is 3.51. The van der Waals surface area contributed by atoms with Crippen molar-refractivity contribution in [1.82, 2.24) is 9.80 Å². The number of thioether (sulfide) groups is 2. The van der Waals surface area contributed by atoms with Crippen LogP contribution in [0.3, 0.4) is 0 Å². The Morgan fingerprint density at radius 2 is 1.39 bits per heavy atom. The van der Waals surface area contributed by atoms with Crippen LogP contribution in [0.25, 0.3) is 19.2 Å². The van der Waals surface area contributed by atoms with Crippen LogP contribution in [-0.2, 0) is 15.0 Å². The average Bonchev–Trinajstić information content (AvgIpc) is 3.60. The average molecular weight is 607 g/mol. The Morgan fingerprint density at radius 3 is 1.92 bits per heavy atom. The SMILES string of the molecule is CCN1C(=O)C(=Nc2cc3c(s2)-c2sc4cc(N=C5SC(=S)N(CC)C5=O)sc4c2C3(C)C)SC1=S. The fraction of sp³-hybridized carbons (Fsp3) is 0.304. The summed E-state index contributed by atoms with van der Waals surface area (Å²) in [6.45, 7) is 9.39. The molecule has 13 heteroatoms. The van der Waals surface area contributed by atoms with E-state index in [1.807, 2.05) is 13.8 Å². The molecule has 184 valence electrons. The van der Waals surface area contributed by atoms with E-state index in [4.69, 9.17) is 24.4 Å². The number of hydrogen-bond donors (Lipinski definition) is 0. The molecule has 0 unspecified atom stereocenters. The fourth-order valence-corrected chi connectivity index (χ4v) is 11.3. The molecule has 3 aliphatic rings. The number of fused-ring (bicyclic) bond motifs is 5. The minimum Gasteiger partial charge on any atom is -0.292 e. The van der Waals surface area contributed by atoms with E-state index in [0.29, 0.717) is 31.8 Å². The van der Waals surface area contributed by atoms with Gasteiger partial charge in [-0.1, -0.05) is 38.3 Å². The molecule has 0 N–H and O–H groups in total. The van der Waals surface area contributed by atoms with E-state index in [9.17, 15) is 9.59 Å².